The standard InChI is InChI=1S/C16H20ClN3/c1-11(2)8-16-19-14(17)9-15(20-16)18-10-13-6-4-12(3)5-7-13/h4-7,9,11H,8,10H2,1-3H3,(H,18,19,20). The van der Waals surface area contributed by atoms with Crippen molar-refractivity contribution in [2.75, 3.05) is 5.32 Å². The van der Waals surface area contributed by atoms with Crippen LogP contribution in [-0.4, -0.2) is 9.97 Å². The zero-order valence-corrected chi connectivity index (χ0v) is 12.9. The van der Waals surface area contributed by atoms with E-state index in [9.17, 15) is 0 Å². The lowest BCUT2D eigenvalue weighted by atomic mass is 10.1. The third kappa shape index (κ3) is 4.49. The minimum absolute atomic E-state index is 0.488. The first-order chi connectivity index (χ1) is 9.52. The van der Waals surface area contributed by atoms with E-state index >= 15 is 0 Å². The fraction of sp³-hybridized carbons (Fsp3) is 0.375. The van der Waals surface area contributed by atoms with E-state index in [-0.39, 0.29) is 0 Å². The van der Waals surface area contributed by atoms with Gasteiger partial charge in [0.25, 0.3) is 0 Å². The van der Waals surface area contributed by atoms with Crippen LogP contribution in [0.15, 0.2) is 30.3 Å². The number of rotatable bonds is 5. The molecule has 0 aliphatic rings. The van der Waals surface area contributed by atoms with Crippen LogP contribution < -0.4 is 5.32 Å². The van der Waals surface area contributed by atoms with E-state index in [4.69, 9.17) is 11.6 Å². The summed E-state index contributed by atoms with van der Waals surface area (Å²) in [6, 6.07) is 10.2. The van der Waals surface area contributed by atoms with Gasteiger partial charge in [0.05, 0.1) is 0 Å². The Morgan fingerprint density at radius 3 is 2.50 bits per heavy atom. The maximum atomic E-state index is 6.04. The highest BCUT2D eigenvalue weighted by Gasteiger charge is 2.05. The normalized spacial score (nSPS) is 10.8. The minimum atomic E-state index is 0.488. The average Bonchev–Trinajstić information content (AvgIpc) is 2.36. The molecule has 2 rings (SSSR count). The Bertz CT molecular complexity index is 564. The van der Waals surface area contributed by atoms with Gasteiger partial charge in [-0.15, -0.1) is 0 Å². The van der Waals surface area contributed by atoms with E-state index in [0.29, 0.717) is 11.1 Å². The van der Waals surface area contributed by atoms with Gasteiger partial charge in [0, 0.05) is 19.0 Å². The number of aromatic nitrogens is 2. The van der Waals surface area contributed by atoms with Crippen molar-refractivity contribution in [3.05, 3.63) is 52.4 Å². The molecule has 0 unspecified atom stereocenters. The summed E-state index contributed by atoms with van der Waals surface area (Å²) < 4.78 is 0. The van der Waals surface area contributed by atoms with Crippen molar-refractivity contribution in [3.63, 3.8) is 0 Å². The first-order valence-corrected chi connectivity index (χ1v) is 7.23. The van der Waals surface area contributed by atoms with Crippen molar-refractivity contribution in [1.82, 2.24) is 9.97 Å². The smallest absolute Gasteiger partial charge is 0.134 e. The van der Waals surface area contributed by atoms with Gasteiger partial charge in [0.1, 0.15) is 16.8 Å². The first-order valence-electron chi connectivity index (χ1n) is 6.86. The number of benzene rings is 1. The topological polar surface area (TPSA) is 37.8 Å². The number of nitrogens with zero attached hydrogens (tertiary/aromatic N) is 2. The van der Waals surface area contributed by atoms with Gasteiger partial charge in [-0.2, -0.15) is 0 Å². The second-order valence-corrected chi connectivity index (χ2v) is 5.82. The summed E-state index contributed by atoms with van der Waals surface area (Å²) in [5.74, 6) is 2.08. The molecule has 20 heavy (non-hydrogen) atoms. The van der Waals surface area contributed by atoms with Crippen molar-refractivity contribution in [3.8, 4) is 0 Å². The molecule has 0 aliphatic carbocycles. The van der Waals surface area contributed by atoms with Crippen molar-refractivity contribution < 1.29 is 0 Å². The zero-order chi connectivity index (χ0) is 14.5. The van der Waals surface area contributed by atoms with Gasteiger partial charge in [0.2, 0.25) is 0 Å². The largest absolute Gasteiger partial charge is 0.366 e. The number of nitrogens with one attached hydrogen (secondary N) is 1. The van der Waals surface area contributed by atoms with Gasteiger partial charge in [-0.1, -0.05) is 55.3 Å². The zero-order valence-electron chi connectivity index (χ0n) is 12.2. The molecular formula is C16H20ClN3. The summed E-state index contributed by atoms with van der Waals surface area (Å²) in [4.78, 5) is 8.75. The van der Waals surface area contributed by atoms with Crippen LogP contribution in [-0.2, 0) is 13.0 Å². The van der Waals surface area contributed by atoms with E-state index in [1.54, 1.807) is 6.07 Å². The van der Waals surface area contributed by atoms with E-state index in [2.05, 4.69) is 60.3 Å². The molecular weight excluding hydrogens is 270 g/mol. The summed E-state index contributed by atoms with van der Waals surface area (Å²) in [5, 5.41) is 3.79. The molecule has 0 bridgehead atoms. The van der Waals surface area contributed by atoms with E-state index < -0.39 is 0 Å². The summed E-state index contributed by atoms with van der Waals surface area (Å²) in [5.41, 5.74) is 2.48. The van der Waals surface area contributed by atoms with Gasteiger partial charge in [-0.25, -0.2) is 9.97 Å². The molecule has 0 atom stereocenters. The Labute approximate surface area is 125 Å². The van der Waals surface area contributed by atoms with Crippen LogP contribution in [0, 0.1) is 12.8 Å². The van der Waals surface area contributed by atoms with E-state index in [1.807, 2.05) is 0 Å². The molecule has 0 saturated heterocycles. The van der Waals surface area contributed by atoms with Crippen LogP contribution in [0.2, 0.25) is 5.15 Å². The molecule has 0 spiro atoms. The third-order valence-corrected chi connectivity index (χ3v) is 3.12. The molecule has 1 aromatic heterocycles. The molecule has 0 amide bonds. The molecule has 0 fully saturated rings. The molecule has 0 aliphatic heterocycles. The highest BCUT2D eigenvalue weighted by Crippen LogP contribution is 2.15. The minimum Gasteiger partial charge on any atom is -0.366 e. The monoisotopic (exact) mass is 289 g/mol. The number of anilines is 1. The lowest BCUT2D eigenvalue weighted by molar-refractivity contribution is 0.621. The van der Waals surface area contributed by atoms with Crippen molar-refractivity contribution in [2.24, 2.45) is 5.92 Å². The van der Waals surface area contributed by atoms with Gasteiger partial charge >= 0.3 is 0 Å². The Hall–Kier alpha value is -1.61. The van der Waals surface area contributed by atoms with Gasteiger partial charge in [-0.3, -0.25) is 0 Å². The maximum Gasteiger partial charge on any atom is 0.134 e. The second kappa shape index (κ2) is 6.71. The van der Waals surface area contributed by atoms with Crippen LogP contribution in [0.25, 0.3) is 0 Å². The fourth-order valence-electron chi connectivity index (χ4n) is 1.91. The van der Waals surface area contributed by atoms with E-state index in [0.717, 1.165) is 24.6 Å². The summed E-state index contributed by atoms with van der Waals surface area (Å²) in [6.45, 7) is 7.10. The Balaban J connectivity index is 2.05. The number of aryl methyl sites for hydroxylation is 1. The summed E-state index contributed by atoms with van der Waals surface area (Å²) in [6.07, 6.45) is 0.833. The van der Waals surface area contributed by atoms with Crippen LogP contribution in [0.5, 0.6) is 0 Å². The number of hydrogen-bond donors (Lipinski definition) is 1. The molecule has 2 aromatic rings. The van der Waals surface area contributed by atoms with Crippen LogP contribution in [0.3, 0.4) is 0 Å². The van der Waals surface area contributed by atoms with Crippen LogP contribution in [0.4, 0.5) is 5.82 Å². The van der Waals surface area contributed by atoms with Crippen LogP contribution >= 0.6 is 11.6 Å². The van der Waals surface area contributed by atoms with Gasteiger partial charge in [-0.05, 0) is 18.4 Å². The fourth-order valence-corrected chi connectivity index (χ4v) is 2.11. The Morgan fingerprint density at radius 1 is 1.15 bits per heavy atom. The van der Waals surface area contributed by atoms with Crippen molar-refractivity contribution >= 4 is 17.4 Å². The molecule has 3 nitrogen and oxygen atoms in total. The molecule has 0 radical (unpaired) electrons. The molecule has 106 valence electrons. The molecule has 4 heteroatoms. The third-order valence-electron chi connectivity index (χ3n) is 2.93. The van der Waals surface area contributed by atoms with E-state index in [1.165, 1.54) is 11.1 Å². The highest BCUT2D eigenvalue weighted by molar-refractivity contribution is 6.29. The number of halogens is 1. The average molecular weight is 290 g/mol. The quantitative estimate of drug-likeness (QED) is 0.836. The maximum absolute atomic E-state index is 6.04. The van der Waals surface area contributed by atoms with Crippen LogP contribution in [0.1, 0.15) is 30.8 Å². The number of hydrogen-bond acceptors (Lipinski definition) is 3. The first kappa shape index (κ1) is 14.8. The summed E-state index contributed by atoms with van der Waals surface area (Å²) in [7, 11) is 0. The lowest BCUT2D eigenvalue weighted by Gasteiger charge is -2.09. The SMILES string of the molecule is Cc1ccc(CNc2cc(Cl)nc(CC(C)C)n2)cc1. The Morgan fingerprint density at radius 2 is 1.85 bits per heavy atom. The highest BCUT2D eigenvalue weighted by atomic mass is 35.5. The lowest BCUT2D eigenvalue weighted by Crippen LogP contribution is -2.06. The predicted octanol–water partition coefficient (Wildman–Crippen LogP) is 4.25. The molecule has 1 N–H and O–H groups in total. The Kier molecular flexibility index (Phi) is 4.96. The van der Waals surface area contributed by atoms with Gasteiger partial charge < -0.3 is 5.32 Å². The molecule has 1 heterocycles. The second-order valence-electron chi connectivity index (χ2n) is 5.43. The predicted molar refractivity (Wildman–Crippen MR) is 84.1 cm³/mol. The molecule has 1 aromatic carbocycles. The molecule has 0 saturated carbocycles. The van der Waals surface area contributed by atoms with Crippen molar-refractivity contribution in [1.29, 1.82) is 0 Å². The summed E-state index contributed by atoms with van der Waals surface area (Å²) >= 11 is 6.04. The van der Waals surface area contributed by atoms with Crippen molar-refractivity contribution in [2.45, 2.75) is 33.7 Å². The van der Waals surface area contributed by atoms with Gasteiger partial charge in [0.15, 0.2) is 0 Å².